The molecule has 2 saturated carbocycles. The van der Waals surface area contributed by atoms with E-state index < -0.39 is 0 Å². The fourth-order valence-corrected chi connectivity index (χ4v) is 4.43. The van der Waals surface area contributed by atoms with Crippen LogP contribution in [0.3, 0.4) is 0 Å². The van der Waals surface area contributed by atoms with Gasteiger partial charge in [0.2, 0.25) is 0 Å². The highest BCUT2D eigenvalue weighted by Crippen LogP contribution is 2.60. The van der Waals surface area contributed by atoms with Gasteiger partial charge in [-0.2, -0.15) is 0 Å². The van der Waals surface area contributed by atoms with Crippen LogP contribution in [0.1, 0.15) is 26.2 Å². The molecule has 0 amide bonds. The number of carbonyl (C=O) groups excluding carboxylic acids is 1. The molecule has 0 radical (unpaired) electrons. The summed E-state index contributed by atoms with van der Waals surface area (Å²) in [6, 6.07) is 0. The van der Waals surface area contributed by atoms with Crippen molar-refractivity contribution in [2.24, 2.45) is 23.2 Å². The molecular formula is C16H24O4. The van der Waals surface area contributed by atoms with E-state index in [9.17, 15) is 4.79 Å². The first-order valence-electron chi connectivity index (χ1n) is 7.57. The predicted molar refractivity (Wildman–Crippen MR) is 74.1 cm³/mol. The van der Waals surface area contributed by atoms with Gasteiger partial charge in [0.1, 0.15) is 12.6 Å². The Balaban J connectivity index is 1.62. The molecule has 5 unspecified atom stereocenters. The Morgan fingerprint density at radius 1 is 1.30 bits per heavy atom. The maximum absolute atomic E-state index is 12.0. The van der Waals surface area contributed by atoms with Crippen LogP contribution in [-0.4, -0.2) is 39.0 Å². The number of methoxy groups -OCH3 is 1. The van der Waals surface area contributed by atoms with Crippen molar-refractivity contribution in [3.8, 4) is 0 Å². The normalized spacial score (nSPS) is 42.2. The van der Waals surface area contributed by atoms with Crippen LogP contribution in [0.2, 0.25) is 0 Å². The summed E-state index contributed by atoms with van der Waals surface area (Å²) in [6.07, 6.45) is 7.42. The van der Waals surface area contributed by atoms with E-state index in [2.05, 4.69) is 19.1 Å². The Kier molecular flexibility index (Phi) is 3.98. The number of hydrogen-bond donors (Lipinski definition) is 0. The third-order valence-corrected chi connectivity index (χ3v) is 5.59. The van der Waals surface area contributed by atoms with Gasteiger partial charge < -0.3 is 14.2 Å². The number of allylic oxidation sites excluding steroid dienone is 2. The number of ether oxygens (including phenoxy) is 3. The standard InChI is InChI=1S/C16H24O4/c1-16-11-3-4-12(14(17)9-11)13(16)5-6-15(16)20-10-19-8-7-18-2/h3-4,11-13,15H,5-10H2,1-2H3. The second-order valence-electron chi connectivity index (χ2n) is 6.41. The van der Waals surface area contributed by atoms with Crippen molar-refractivity contribution in [1.29, 1.82) is 0 Å². The Labute approximate surface area is 120 Å². The topological polar surface area (TPSA) is 44.8 Å². The monoisotopic (exact) mass is 280 g/mol. The molecule has 0 N–H and O–H groups in total. The van der Waals surface area contributed by atoms with E-state index in [0.717, 1.165) is 12.8 Å². The van der Waals surface area contributed by atoms with E-state index in [4.69, 9.17) is 14.2 Å². The molecule has 4 aliphatic rings. The van der Waals surface area contributed by atoms with Crippen molar-refractivity contribution < 1.29 is 19.0 Å². The van der Waals surface area contributed by atoms with Gasteiger partial charge in [-0.15, -0.1) is 0 Å². The highest BCUT2D eigenvalue weighted by molar-refractivity contribution is 5.86. The predicted octanol–water partition coefficient (Wildman–Crippen LogP) is 2.18. The lowest BCUT2D eigenvalue weighted by atomic mass is 9.54. The second kappa shape index (κ2) is 5.58. The van der Waals surface area contributed by atoms with Crippen LogP contribution in [0.25, 0.3) is 0 Å². The van der Waals surface area contributed by atoms with Gasteiger partial charge >= 0.3 is 0 Å². The number of rotatable bonds is 6. The zero-order valence-electron chi connectivity index (χ0n) is 12.3. The number of ketones is 1. The van der Waals surface area contributed by atoms with Gasteiger partial charge in [0.25, 0.3) is 0 Å². The molecule has 2 bridgehead atoms. The van der Waals surface area contributed by atoms with Crippen LogP contribution in [0.5, 0.6) is 0 Å². The van der Waals surface area contributed by atoms with Crippen LogP contribution >= 0.6 is 0 Å². The van der Waals surface area contributed by atoms with E-state index in [0.29, 0.717) is 44.0 Å². The maximum Gasteiger partial charge on any atom is 0.147 e. The lowest BCUT2D eigenvalue weighted by Gasteiger charge is -2.50. The molecule has 4 nitrogen and oxygen atoms in total. The molecule has 0 heterocycles. The average molecular weight is 280 g/mol. The molecule has 0 saturated heterocycles. The van der Waals surface area contributed by atoms with Crippen molar-refractivity contribution in [3.05, 3.63) is 12.2 Å². The third-order valence-electron chi connectivity index (χ3n) is 5.59. The fourth-order valence-electron chi connectivity index (χ4n) is 4.43. The Hall–Kier alpha value is -0.710. The SMILES string of the molecule is COCCOCOC1CCC2C3C=CC(CC3=O)C12C. The highest BCUT2D eigenvalue weighted by atomic mass is 16.7. The summed E-state index contributed by atoms with van der Waals surface area (Å²) < 4.78 is 16.4. The van der Waals surface area contributed by atoms with E-state index in [1.54, 1.807) is 7.11 Å². The van der Waals surface area contributed by atoms with Gasteiger partial charge in [-0.05, 0) is 24.7 Å². The van der Waals surface area contributed by atoms with Gasteiger partial charge in [0.15, 0.2) is 0 Å². The number of fused-ring (bicyclic) bond motifs is 1. The molecule has 0 aromatic rings. The smallest absolute Gasteiger partial charge is 0.147 e. The summed E-state index contributed by atoms with van der Waals surface area (Å²) in [5.41, 5.74) is 0.109. The van der Waals surface area contributed by atoms with Gasteiger partial charge in [-0.1, -0.05) is 19.1 Å². The molecule has 20 heavy (non-hydrogen) atoms. The summed E-state index contributed by atoms with van der Waals surface area (Å²) in [5.74, 6) is 1.36. The molecule has 4 heteroatoms. The van der Waals surface area contributed by atoms with E-state index in [-0.39, 0.29) is 17.4 Å². The van der Waals surface area contributed by atoms with Crippen molar-refractivity contribution in [1.82, 2.24) is 0 Å². The first-order chi connectivity index (χ1) is 9.67. The lowest BCUT2D eigenvalue weighted by Crippen LogP contribution is -2.51. The van der Waals surface area contributed by atoms with Gasteiger partial charge in [0.05, 0.1) is 19.3 Å². The first kappa shape index (κ1) is 14.2. The van der Waals surface area contributed by atoms with Crippen molar-refractivity contribution >= 4 is 5.78 Å². The largest absolute Gasteiger partial charge is 0.382 e. The minimum absolute atomic E-state index is 0.109. The van der Waals surface area contributed by atoms with Crippen molar-refractivity contribution in [2.75, 3.05) is 27.1 Å². The Bertz CT molecular complexity index is 405. The second-order valence-corrected chi connectivity index (χ2v) is 6.41. The molecule has 2 fully saturated rings. The number of carbonyl (C=O) groups is 1. The lowest BCUT2D eigenvalue weighted by molar-refractivity contribution is -0.156. The van der Waals surface area contributed by atoms with E-state index in [1.165, 1.54) is 0 Å². The third kappa shape index (κ3) is 2.14. The van der Waals surface area contributed by atoms with Crippen LogP contribution < -0.4 is 0 Å². The Morgan fingerprint density at radius 2 is 2.15 bits per heavy atom. The molecule has 4 rings (SSSR count). The molecule has 0 spiro atoms. The summed E-state index contributed by atoms with van der Waals surface area (Å²) in [5, 5.41) is 0. The average Bonchev–Trinajstić information content (AvgIpc) is 2.79. The number of hydrogen-bond acceptors (Lipinski definition) is 4. The molecular weight excluding hydrogens is 256 g/mol. The van der Waals surface area contributed by atoms with E-state index in [1.807, 2.05) is 0 Å². The minimum Gasteiger partial charge on any atom is -0.382 e. The molecule has 4 aliphatic carbocycles. The van der Waals surface area contributed by atoms with Gasteiger partial charge in [0, 0.05) is 24.9 Å². The maximum atomic E-state index is 12.0. The minimum atomic E-state index is 0.109. The van der Waals surface area contributed by atoms with Crippen molar-refractivity contribution in [3.63, 3.8) is 0 Å². The number of Topliss-reactive ketones (excluding diaryl/α,β-unsaturated/α-hetero) is 1. The fraction of sp³-hybridized carbons (Fsp3) is 0.812. The molecule has 0 aliphatic heterocycles. The molecule has 112 valence electrons. The van der Waals surface area contributed by atoms with Crippen LogP contribution in [0.4, 0.5) is 0 Å². The van der Waals surface area contributed by atoms with Gasteiger partial charge in [-0.25, -0.2) is 0 Å². The summed E-state index contributed by atoms with van der Waals surface area (Å²) in [6.45, 7) is 3.78. The molecule has 5 atom stereocenters. The Morgan fingerprint density at radius 3 is 2.90 bits per heavy atom. The molecule has 0 aromatic heterocycles. The van der Waals surface area contributed by atoms with Crippen LogP contribution in [0.15, 0.2) is 12.2 Å². The first-order valence-corrected chi connectivity index (χ1v) is 7.57. The van der Waals surface area contributed by atoms with Crippen LogP contribution in [0, 0.1) is 23.2 Å². The zero-order valence-corrected chi connectivity index (χ0v) is 12.3. The zero-order chi connectivity index (χ0) is 14.2. The van der Waals surface area contributed by atoms with Crippen molar-refractivity contribution in [2.45, 2.75) is 32.3 Å². The summed E-state index contributed by atoms with van der Waals surface area (Å²) >= 11 is 0. The van der Waals surface area contributed by atoms with E-state index >= 15 is 0 Å². The molecule has 0 aromatic carbocycles. The van der Waals surface area contributed by atoms with Crippen LogP contribution in [-0.2, 0) is 19.0 Å². The quantitative estimate of drug-likeness (QED) is 0.425. The highest BCUT2D eigenvalue weighted by Gasteiger charge is 2.59. The summed E-state index contributed by atoms with van der Waals surface area (Å²) in [4.78, 5) is 12.0. The van der Waals surface area contributed by atoms with Gasteiger partial charge in [-0.3, -0.25) is 4.79 Å². The summed E-state index contributed by atoms with van der Waals surface area (Å²) in [7, 11) is 1.66.